The van der Waals surface area contributed by atoms with E-state index in [1.165, 1.54) is 0 Å². The van der Waals surface area contributed by atoms with Crippen LogP contribution in [0.4, 0.5) is 0 Å². The smallest absolute Gasteiger partial charge is 0.248 e. The summed E-state index contributed by atoms with van der Waals surface area (Å²) in [5.74, 6) is -1.88. The Kier molecular flexibility index (Phi) is 9.78. The van der Waals surface area contributed by atoms with Gasteiger partial charge in [-0.3, -0.25) is 14.4 Å². The van der Waals surface area contributed by atoms with Crippen LogP contribution >= 0.6 is 0 Å². The van der Waals surface area contributed by atoms with E-state index in [9.17, 15) is 19.5 Å². The fourth-order valence-electron chi connectivity index (χ4n) is 7.29. The second kappa shape index (κ2) is 13.7. The van der Waals surface area contributed by atoms with Crippen LogP contribution in [0, 0.1) is 11.8 Å². The van der Waals surface area contributed by atoms with E-state index in [1.54, 1.807) is 26.9 Å². The van der Waals surface area contributed by atoms with Crippen LogP contribution in [0.15, 0.2) is 86.0 Å². The molecule has 3 amide bonds. The molecule has 3 heterocycles. The third-order valence-electron chi connectivity index (χ3n) is 9.13. The van der Waals surface area contributed by atoms with Crippen LogP contribution in [0.5, 0.6) is 0 Å². The molecular weight excluding hydrogens is 542 g/mol. The van der Waals surface area contributed by atoms with E-state index >= 15 is 0 Å². The first-order valence-electron chi connectivity index (χ1n) is 15.4. The lowest BCUT2D eigenvalue weighted by atomic mass is 9.70. The van der Waals surface area contributed by atoms with Gasteiger partial charge in [-0.1, -0.05) is 72.8 Å². The Morgan fingerprint density at radius 3 is 2.05 bits per heavy atom. The summed E-state index contributed by atoms with van der Waals surface area (Å²) >= 11 is 0. The molecule has 0 aromatic heterocycles. The Labute approximate surface area is 254 Å². The van der Waals surface area contributed by atoms with Crippen molar-refractivity contribution in [2.24, 2.45) is 11.8 Å². The number of unbranched alkanes of at least 4 members (excludes halogenated alkanes) is 2. The van der Waals surface area contributed by atoms with E-state index in [1.807, 2.05) is 60.7 Å². The average molecular weight is 586 g/mol. The molecule has 0 radical (unpaired) electrons. The first-order chi connectivity index (χ1) is 20.9. The molecule has 228 valence electrons. The van der Waals surface area contributed by atoms with Crippen molar-refractivity contribution in [1.82, 2.24) is 14.7 Å². The van der Waals surface area contributed by atoms with Crippen molar-refractivity contribution < 1.29 is 24.2 Å². The third kappa shape index (κ3) is 6.04. The highest BCUT2D eigenvalue weighted by Crippen LogP contribution is 2.59. The van der Waals surface area contributed by atoms with E-state index in [2.05, 4.69) is 13.2 Å². The van der Waals surface area contributed by atoms with Crippen LogP contribution in [-0.2, 0) is 32.2 Å². The summed E-state index contributed by atoms with van der Waals surface area (Å²) in [4.78, 5) is 48.3. The Morgan fingerprint density at radius 1 is 0.907 bits per heavy atom. The lowest BCUT2D eigenvalue weighted by molar-refractivity contribution is -0.149. The van der Waals surface area contributed by atoms with Gasteiger partial charge in [0.25, 0.3) is 0 Å². The minimum Gasteiger partial charge on any atom is -0.396 e. The van der Waals surface area contributed by atoms with Gasteiger partial charge in [0.2, 0.25) is 17.7 Å². The first kappa shape index (κ1) is 30.7. The van der Waals surface area contributed by atoms with Crippen LogP contribution in [-0.4, -0.2) is 81.5 Å². The molecule has 3 saturated heterocycles. The molecule has 8 nitrogen and oxygen atoms in total. The highest BCUT2D eigenvalue weighted by Gasteiger charge is 2.74. The summed E-state index contributed by atoms with van der Waals surface area (Å²) in [5, 5.41) is 9.32. The predicted octanol–water partition coefficient (Wildman–Crippen LogP) is 3.95. The van der Waals surface area contributed by atoms with Gasteiger partial charge in [-0.25, -0.2) is 0 Å². The topological polar surface area (TPSA) is 90.4 Å². The molecule has 3 fully saturated rings. The van der Waals surface area contributed by atoms with E-state index in [-0.39, 0.29) is 24.3 Å². The van der Waals surface area contributed by atoms with Crippen molar-refractivity contribution in [2.75, 3.05) is 26.2 Å². The average Bonchev–Trinajstić information content (AvgIpc) is 3.66. The highest BCUT2D eigenvalue weighted by atomic mass is 16.5. The summed E-state index contributed by atoms with van der Waals surface area (Å²) in [6, 6.07) is 18.7. The number of benzene rings is 2. The first-order valence-corrected chi connectivity index (χ1v) is 15.4. The zero-order valence-electron chi connectivity index (χ0n) is 24.9. The molecule has 2 bridgehead atoms. The number of hydrogen-bond donors (Lipinski definition) is 1. The molecule has 5 rings (SSSR count). The SMILES string of the molecule is C=CCN(Cc1ccccc1)C(=O)C1N(CCCCCO)C(=O)[C@@H]2[C@@H](C(=O)N(CC=C)Cc3ccccc3)[C@H]3CCC12O3. The summed E-state index contributed by atoms with van der Waals surface area (Å²) in [5.41, 5.74) is 0.920. The molecule has 43 heavy (non-hydrogen) atoms. The van der Waals surface area contributed by atoms with E-state index in [4.69, 9.17) is 4.74 Å². The number of fused-ring (bicyclic) bond motifs is 1. The minimum atomic E-state index is -1.06. The van der Waals surface area contributed by atoms with Crippen LogP contribution in [0.1, 0.15) is 43.2 Å². The number of aliphatic hydroxyl groups excluding tert-OH is 1. The zero-order valence-corrected chi connectivity index (χ0v) is 24.9. The maximum absolute atomic E-state index is 14.5. The van der Waals surface area contributed by atoms with Crippen LogP contribution in [0.2, 0.25) is 0 Å². The van der Waals surface area contributed by atoms with Gasteiger partial charge in [0.05, 0.1) is 17.9 Å². The highest BCUT2D eigenvalue weighted by molar-refractivity contribution is 5.99. The van der Waals surface area contributed by atoms with Gasteiger partial charge in [0, 0.05) is 39.3 Å². The fraction of sp³-hybridized carbons (Fsp3) is 0.457. The number of aliphatic hydroxyl groups is 1. The molecule has 8 heteroatoms. The monoisotopic (exact) mass is 585 g/mol. The Bertz CT molecular complexity index is 1300. The summed E-state index contributed by atoms with van der Waals surface area (Å²) in [6.45, 7) is 9.67. The second-order valence-electron chi connectivity index (χ2n) is 11.9. The lowest BCUT2D eigenvalue weighted by Crippen LogP contribution is -2.56. The molecule has 2 aromatic rings. The van der Waals surface area contributed by atoms with Gasteiger partial charge in [0.1, 0.15) is 11.6 Å². The predicted molar refractivity (Wildman–Crippen MR) is 164 cm³/mol. The number of rotatable bonds is 15. The molecule has 1 spiro atoms. The molecule has 3 aliphatic heterocycles. The Hall–Kier alpha value is -3.75. The minimum absolute atomic E-state index is 0.0783. The number of likely N-dealkylation sites (tertiary alicyclic amines) is 1. The van der Waals surface area contributed by atoms with E-state index < -0.39 is 29.6 Å². The van der Waals surface area contributed by atoms with Gasteiger partial charge in [0.15, 0.2) is 0 Å². The second-order valence-corrected chi connectivity index (χ2v) is 11.9. The van der Waals surface area contributed by atoms with Crippen molar-refractivity contribution >= 4 is 17.7 Å². The molecule has 0 saturated carbocycles. The molecule has 2 unspecified atom stereocenters. The molecule has 3 aliphatic rings. The third-order valence-corrected chi connectivity index (χ3v) is 9.13. The zero-order chi connectivity index (χ0) is 30.4. The summed E-state index contributed by atoms with van der Waals surface area (Å²) in [7, 11) is 0. The van der Waals surface area contributed by atoms with Crippen molar-refractivity contribution in [3.63, 3.8) is 0 Å². The number of carbonyl (C=O) groups is 3. The molecular formula is C35H43N3O5. The van der Waals surface area contributed by atoms with Gasteiger partial charge in [-0.05, 0) is 43.2 Å². The molecule has 5 atom stereocenters. The van der Waals surface area contributed by atoms with Gasteiger partial charge in [-0.2, -0.15) is 0 Å². The molecule has 0 aliphatic carbocycles. The number of amides is 3. The maximum Gasteiger partial charge on any atom is 0.248 e. The fourth-order valence-corrected chi connectivity index (χ4v) is 7.29. The van der Waals surface area contributed by atoms with Crippen LogP contribution < -0.4 is 0 Å². The van der Waals surface area contributed by atoms with Gasteiger partial charge in [-0.15, -0.1) is 13.2 Å². The van der Waals surface area contributed by atoms with Crippen LogP contribution in [0.3, 0.4) is 0 Å². The van der Waals surface area contributed by atoms with Gasteiger partial charge >= 0.3 is 0 Å². The van der Waals surface area contributed by atoms with Crippen molar-refractivity contribution in [1.29, 1.82) is 0 Å². The largest absolute Gasteiger partial charge is 0.396 e. The quantitative estimate of drug-likeness (QED) is 0.253. The molecule has 1 N–H and O–H groups in total. The van der Waals surface area contributed by atoms with Crippen molar-refractivity contribution in [3.05, 3.63) is 97.1 Å². The summed E-state index contributed by atoms with van der Waals surface area (Å²) < 4.78 is 6.69. The Balaban J connectivity index is 1.47. The number of nitrogens with zero attached hydrogens (tertiary/aromatic N) is 3. The standard InChI is InChI=1S/C35H43N3O5/c1-3-20-36(24-26-14-8-5-9-15-26)32(40)29-28-18-19-35(43-28)30(29)33(41)38(22-12-7-13-23-39)31(35)34(42)37(21-4-2)25-27-16-10-6-11-17-27/h3-6,8-11,14-17,28-31,39H,1-2,7,12-13,18-25H2/t28-,29+,30+,31?,35?/m1/s1. The van der Waals surface area contributed by atoms with Crippen molar-refractivity contribution in [3.8, 4) is 0 Å². The Morgan fingerprint density at radius 2 is 1.49 bits per heavy atom. The van der Waals surface area contributed by atoms with Crippen molar-refractivity contribution in [2.45, 2.75) is 62.9 Å². The maximum atomic E-state index is 14.5. The van der Waals surface area contributed by atoms with Gasteiger partial charge < -0.3 is 24.5 Å². The van der Waals surface area contributed by atoms with Crippen LogP contribution in [0.25, 0.3) is 0 Å². The normalized spacial score (nSPS) is 25.4. The lowest BCUT2D eigenvalue weighted by Gasteiger charge is -2.37. The number of ether oxygens (including phenoxy) is 1. The summed E-state index contributed by atoms with van der Waals surface area (Å²) in [6.07, 6.45) is 6.17. The number of hydrogen-bond acceptors (Lipinski definition) is 5. The number of carbonyl (C=O) groups excluding carboxylic acids is 3. The molecule has 2 aromatic carbocycles. The van der Waals surface area contributed by atoms with E-state index in [0.717, 1.165) is 17.5 Å². The van der Waals surface area contributed by atoms with E-state index in [0.29, 0.717) is 58.4 Å².